The molecule has 3 nitrogen and oxygen atoms in total. The third-order valence-corrected chi connectivity index (χ3v) is 2.88. The largest absolute Gasteiger partial charge is 0.573 e. The van der Waals surface area contributed by atoms with E-state index >= 15 is 0 Å². The number of halogens is 3. The Balaban J connectivity index is 2.40. The van der Waals surface area contributed by atoms with Crippen molar-refractivity contribution in [3.63, 3.8) is 0 Å². The second-order valence-corrected chi connectivity index (χ2v) is 4.76. The van der Waals surface area contributed by atoms with Gasteiger partial charge in [-0.05, 0) is 31.4 Å². The van der Waals surface area contributed by atoms with Crippen molar-refractivity contribution in [1.82, 2.24) is 5.32 Å². The second kappa shape index (κ2) is 8.11. The monoisotopic (exact) mass is 291 g/mol. The number of hydrogen-bond donors (Lipinski definition) is 2. The molecule has 0 aromatic heterocycles. The summed E-state index contributed by atoms with van der Waals surface area (Å²) in [6.07, 6.45) is -2.93. The second-order valence-electron chi connectivity index (χ2n) is 4.76. The summed E-state index contributed by atoms with van der Waals surface area (Å²) in [6.45, 7) is 3.11. The van der Waals surface area contributed by atoms with E-state index in [0.717, 1.165) is 12.8 Å². The quantitative estimate of drug-likeness (QED) is 0.723. The minimum Gasteiger partial charge on any atom is -0.405 e. The summed E-state index contributed by atoms with van der Waals surface area (Å²) in [5.41, 5.74) is 0.472. The highest BCUT2D eigenvalue weighted by Crippen LogP contribution is 2.26. The van der Waals surface area contributed by atoms with Crippen molar-refractivity contribution >= 4 is 0 Å². The number of para-hydroxylation sites is 1. The molecule has 0 bridgehead atoms. The molecule has 0 aliphatic heterocycles. The molecule has 0 fully saturated rings. The standard InChI is InChI=1S/C14H20F3NO2/c1-11(10-19)5-4-8-18-9-12-6-2-3-7-13(12)20-14(15,16)17/h2-3,6-7,11,18-19H,4-5,8-10H2,1H3. The van der Waals surface area contributed by atoms with Gasteiger partial charge in [0.1, 0.15) is 5.75 Å². The number of nitrogens with one attached hydrogen (secondary N) is 1. The summed E-state index contributed by atoms with van der Waals surface area (Å²) in [6, 6.07) is 6.09. The molecule has 0 aliphatic rings. The average Bonchev–Trinajstić information content (AvgIpc) is 2.38. The van der Waals surface area contributed by atoms with Crippen molar-refractivity contribution in [2.45, 2.75) is 32.7 Å². The number of hydrogen-bond acceptors (Lipinski definition) is 3. The van der Waals surface area contributed by atoms with Gasteiger partial charge in [-0.3, -0.25) is 0 Å². The topological polar surface area (TPSA) is 41.5 Å². The predicted octanol–water partition coefficient (Wildman–Crippen LogP) is 3.08. The zero-order valence-electron chi connectivity index (χ0n) is 11.4. The molecule has 6 heteroatoms. The lowest BCUT2D eigenvalue weighted by Crippen LogP contribution is -2.20. The molecule has 2 N–H and O–H groups in total. The Hall–Kier alpha value is -1.27. The van der Waals surface area contributed by atoms with Gasteiger partial charge in [-0.25, -0.2) is 0 Å². The van der Waals surface area contributed by atoms with Crippen molar-refractivity contribution < 1.29 is 23.0 Å². The third-order valence-electron chi connectivity index (χ3n) is 2.88. The van der Waals surface area contributed by atoms with Crippen LogP contribution in [0.1, 0.15) is 25.3 Å². The first-order valence-corrected chi connectivity index (χ1v) is 6.57. The maximum atomic E-state index is 12.2. The Morgan fingerprint density at radius 2 is 2.00 bits per heavy atom. The molecule has 1 aromatic rings. The molecule has 1 aromatic carbocycles. The highest BCUT2D eigenvalue weighted by Gasteiger charge is 2.31. The summed E-state index contributed by atoms with van der Waals surface area (Å²) in [4.78, 5) is 0. The minimum atomic E-state index is -4.67. The minimum absolute atomic E-state index is 0.155. The van der Waals surface area contributed by atoms with Gasteiger partial charge in [0.25, 0.3) is 0 Å². The van der Waals surface area contributed by atoms with Crippen molar-refractivity contribution in [1.29, 1.82) is 0 Å². The van der Waals surface area contributed by atoms with Gasteiger partial charge in [0.2, 0.25) is 0 Å². The Bertz CT molecular complexity index is 396. The molecule has 114 valence electrons. The van der Waals surface area contributed by atoms with Crippen LogP contribution in [0.15, 0.2) is 24.3 Å². The summed E-state index contributed by atoms with van der Waals surface area (Å²) >= 11 is 0. The summed E-state index contributed by atoms with van der Waals surface area (Å²) in [5, 5.41) is 11.9. The van der Waals surface area contributed by atoms with E-state index in [2.05, 4.69) is 10.1 Å². The van der Waals surface area contributed by atoms with Crippen LogP contribution in [0, 0.1) is 5.92 Å². The van der Waals surface area contributed by atoms with Crippen LogP contribution in [0.5, 0.6) is 5.75 Å². The average molecular weight is 291 g/mol. The van der Waals surface area contributed by atoms with Crippen molar-refractivity contribution in [2.24, 2.45) is 5.92 Å². The Kier molecular flexibility index (Phi) is 6.81. The first kappa shape index (κ1) is 16.8. The molecule has 0 spiro atoms. The molecule has 0 radical (unpaired) electrons. The van der Waals surface area contributed by atoms with E-state index in [1.165, 1.54) is 12.1 Å². The maximum absolute atomic E-state index is 12.2. The number of ether oxygens (including phenoxy) is 1. The van der Waals surface area contributed by atoms with Crippen LogP contribution in [0.4, 0.5) is 13.2 Å². The maximum Gasteiger partial charge on any atom is 0.573 e. The van der Waals surface area contributed by atoms with Crippen LogP contribution in [-0.4, -0.2) is 24.6 Å². The van der Waals surface area contributed by atoms with E-state index in [1.807, 2.05) is 6.92 Å². The number of alkyl halides is 3. The number of benzene rings is 1. The number of aliphatic hydroxyl groups is 1. The molecule has 20 heavy (non-hydrogen) atoms. The van der Waals surface area contributed by atoms with Gasteiger partial charge in [-0.15, -0.1) is 13.2 Å². The van der Waals surface area contributed by atoms with Gasteiger partial charge in [0, 0.05) is 18.7 Å². The smallest absolute Gasteiger partial charge is 0.405 e. The third kappa shape index (κ3) is 6.77. The van der Waals surface area contributed by atoms with Crippen LogP contribution in [0.25, 0.3) is 0 Å². The molecule has 0 aliphatic carbocycles. The summed E-state index contributed by atoms with van der Waals surface area (Å²) in [7, 11) is 0. The van der Waals surface area contributed by atoms with E-state index in [1.54, 1.807) is 12.1 Å². The fourth-order valence-corrected chi connectivity index (χ4v) is 1.76. The molecule has 0 amide bonds. The van der Waals surface area contributed by atoms with Crippen LogP contribution in [-0.2, 0) is 6.54 Å². The Morgan fingerprint density at radius 3 is 2.65 bits per heavy atom. The van der Waals surface area contributed by atoms with E-state index in [4.69, 9.17) is 5.11 Å². The Morgan fingerprint density at radius 1 is 1.30 bits per heavy atom. The molecule has 1 rings (SSSR count). The zero-order chi connectivity index (χ0) is 15.0. The molecule has 1 atom stereocenters. The molecular formula is C14H20F3NO2. The van der Waals surface area contributed by atoms with Gasteiger partial charge < -0.3 is 15.2 Å². The fourth-order valence-electron chi connectivity index (χ4n) is 1.76. The number of rotatable bonds is 8. The lowest BCUT2D eigenvalue weighted by atomic mass is 10.1. The van der Waals surface area contributed by atoms with Crippen molar-refractivity contribution in [3.8, 4) is 5.75 Å². The summed E-state index contributed by atoms with van der Waals surface area (Å²) < 4.78 is 40.6. The lowest BCUT2D eigenvalue weighted by molar-refractivity contribution is -0.274. The van der Waals surface area contributed by atoms with Crippen LogP contribution in [0.3, 0.4) is 0 Å². The van der Waals surface area contributed by atoms with Crippen molar-refractivity contribution in [3.05, 3.63) is 29.8 Å². The van der Waals surface area contributed by atoms with Gasteiger partial charge in [-0.1, -0.05) is 25.1 Å². The SMILES string of the molecule is CC(CO)CCCNCc1ccccc1OC(F)(F)F. The van der Waals surface area contributed by atoms with Gasteiger partial charge in [0.05, 0.1) is 0 Å². The zero-order valence-corrected chi connectivity index (χ0v) is 11.4. The van der Waals surface area contributed by atoms with E-state index in [9.17, 15) is 13.2 Å². The lowest BCUT2D eigenvalue weighted by Gasteiger charge is -2.14. The van der Waals surface area contributed by atoms with E-state index in [-0.39, 0.29) is 18.3 Å². The normalized spacial score (nSPS) is 13.2. The van der Waals surface area contributed by atoms with Crippen molar-refractivity contribution in [2.75, 3.05) is 13.2 Å². The van der Waals surface area contributed by atoms with Crippen LogP contribution >= 0.6 is 0 Å². The Labute approximate surface area is 116 Å². The number of aliphatic hydroxyl groups excluding tert-OH is 1. The van der Waals surface area contributed by atoms with E-state index in [0.29, 0.717) is 18.7 Å². The fraction of sp³-hybridized carbons (Fsp3) is 0.571. The van der Waals surface area contributed by atoms with Crippen LogP contribution in [0.2, 0.25) is 0 Å². The molecule has 1 unspecified atom stereocenters. The molecule has 0 heterocycles. The molecule has 0 saturated carbocycles. The van der Waals surface area contributed by atoms with Crippen LogP contribution < -0.4 is 10.1 Å². The highest BCUT2D eigenvalue weighted by molar-refractivity contribution is 5.33. The predicted molar refractivity (Wildman–Crippen MR) is 70.3 cm³/mol. The summed E-state index contributed by atoms with van der Waals surface area (Å²) in [5.74, 6) is 0.0777. The highest BCUT2D eigenvalue weighted by atomic mass is 19.4. The van der Waals surface area contributed by atoms with E-state index < -0.39 is 6.36 Å². The van der Waals surface area contributed by atoms with Gasteiger partial charge in [0.15, 0.2) is 0 Å². The molecular weight excluding hydrogens is 271 g/mol. The van der Waals surface area contributed by atoms with Gasteiger partial charge >= 0.3 is 6.36 Å². The first-order valence-electron chi connectivity index (χ1n) is 6.57. The van der Waals surface area contributed by atoms with Gasteiger partial charge in [-0.2, -0.15) is 0 Å². The molecule has 0 saturated heterocycles. The first-order chi connectivity index (χ1) is 9.42.